The van der Waals surface area contributed by atoms with Gasteiger partial charge in [0.1, 0.15) is 5.82 Å². The molecule has 0 atom stereocenters. The fraction of sp³-hybridized carbons (Fsp3) is 0.600. The van der Waals surface area contributed by atoms with Crippen molar-refractivity contribution in [1.82, 2.24) is 10.3 Å². The summed E-state index contributed by atoms with van der Waals surface area (Å²) in [4.78, 5) is 15.9. The minimum Gasteiger partial charge on any atom is -0.397 e. The van der Waals surface area contributed by atoms with Crippen molar-refractivity contribution in [2.75, 3.05) is 24.1 Å². The molecule has 0 aliphatic heterocycles. The molecule has 1 amide bonds. The molecule has 1 aromatic heterocycles. The Kier molecular flexibility index (Phi) is 7.47. The number of pyridine rings is 1. The summed E-state index contributed by atoms with van der Waals surface area (Å²) in [7, 11) is 0. The number of unbranched alkanes of at least 4 members (excludes halogenated alkanes) is 1. The number of nitrogens with two attached hydrogens (primary N) is 1. The third-order valence-electron chi connectivity index (χ3n) is 3.35. The molecule has 20 heavy (non-hydrogen) atoms. The SMILES string of the molecule is CCC(CC)C(=O)NCCCCNc1ccc(N)cn1. The summed E-state index contributed by atoms with van der Waals surface area (Å²) in [6, 6.07) is 3.69. The monoisotopic (exact) mass is 278 g/mol. The van der Waals surface area contributed by atoms with Crippen LogP contribution in [0.1, 0.15) is 39.5 Å². The van der Waals surface area contributed by atoms with Gasteiger partial charge in [-0.15, -0.1) is 0 Å². The van der Waals surface area contributed by atoms with E-state index in [1.807, 2.05) is 12.1 Å². The fourth-order valence-electron chi connectivity index (χ4n) is 1.99. The fourth-order valence-corrected chi connectivity index (χ4v) is 1.99. The summed E-state index contributed by atoms with van der Waals surface area (Å²) in [6.07, 6.45) is 5.42. The molecule has 0 aliphatic carbocycles. The van der Waals surface area contributed by atoms with Crippen molar-refractivity contribution in [3.63, 3.8) is 0 Å². The summed E-state index contributed by atoms with van der Waals surface area (Å²) in [6.45, 7) is 5.69. The average molecular weight is 278 g/mol. The summed E-state index contributed by atoms with van der Waals surface area (Å²) >= 11 is 0. The number of amides is 1. The number of carbonyl (C=O) groups excluding carboxylic acids is 1. The highest BCUT2D eigenvalue weighted by Gasteiger charge is 2.12. The summed E-state index contributed by atoms with van der Waals surface area (Å²) in [5.74, 6) is 1.18. The Morgan fingerprint density at radius 2 is 1.95 bits per heavy atom. The zero-order chi connectivity index (χ0) is 14.8. The Labute approximate surface area is 121 Å². The van der Waals surface area contributed by atoms with Gasteiger partial charge in [-0.25, -0.2) is 4.98 Å². The molecular weight excluding hydrogens is 252 g/mol. The lowest BCUT2D eigenvalue weighted by Gasteiger charge is -2.12. The first-order valence-electron chi connectivity index (χ1n) is 7.40. The van der Waals surface area contributed by atoms with Crippen LogP contribution in [0, 0.1) is 5.92 Å². The Bertz CT molecular complexity index is 387. The van der Waals surface area contributed by atoms with E-state index in [1.165, 1.54) is 0 Å². The summed E-state index contributed by atoms with van der Waals surface area (Å²) < 4.78 is 0. The lowest BCUT2D eigenvalue weighted by Crippen LogP contribution is -2.31. The van der Waals surface area contributed by atoms with Crippen LogP contribution in [0.3, 0.4) is 0 Å². The second-order valence-electron chi connectivity index (χ2n) is 4.92. The molecule has 4 N–H and O–H groups in total. The van der Waals surface area contributed by atoms with Crippen LogP contribution in [0.25, 0.3) is 0 Å². The van der Waals surface area contributed by atoms with E-state index in [1.54, 1.807) is 6.20 Å². The number of carbonyl (C=O) groups is 1. The Morgan fingerprint density at radius 1 is 1.25 bits per heavy atom. The number of anilines is 2. The minimum absolute atomic E-state index is 0.159. The first-order chi connectivity index (χ1) is 9.67. The van der Waals surface area contributed by atoms with Crippen LogP contribution in [0.4, 0.5) is 11.5 Å². The van der Waals surface area contributed by atoms with Crippen LogP contribution >= 0.6 is 0 Å². The first kappa shape index (κ1) is 16.3. The third kappa shape index (κ3) is 5.91. The molecule has 0 fully saturated rings. The lowest BCUT2D eigenvalue weighted by atomic mass is 10.0. The number of hydrogen-bond donors (Lipinski definition) is 3. The number of rotatable bonds is 9. The molecule has 0 spiro atoms. The van der Waals surface area contributed by atoms with E-state index in [-0.39, 0.29) is 11.8 Å². The maximum absolute atomic E-state index is 11.7. The zero-order valence-electron chi connectivity index (χ0n) is 12.5. The molecule has 1 aromatic rings. The number of nitrogens with one attached hydrogen (secondary N) is 2. The predicted octanol–water partition coefficient (Wildman–Crippen LogP) is 2.41. The first-order valence-corrected chi connectivity index (χ1v) is 7.40. The molecule has 0 saturated carbocycles. The topological polar surface area (TPSA) is 80.0 Å². The molecule has 0 aromatic carbocycles. The van der Waals surface area contributed by atoms with Crippen molar-refractivity contribution in [1.29, 1.82) is 0 Å². The number of aromatic nitrogens is 1. The molecule has 0 unspecified atom stereocenters. The maximum atomic E-state index is 11.7. The predicted molar refractivity (Wildman–Crippen MR) is 83.5 cm³/mol. The molecule has 0 bridgehead atoms. The van der Waals surface area contributed by atoms with Crippen LogP contribution in [-0.4, -0.2) is 24.0 Å². The molecule has 0 aliphatic rings. The van der Waals surface area contributed by atoms with Crippen molar-refractivity contribution in [2.45, 2.75) is 39.5 Å². The van der Waals surface area contributed by atoms with Crippen molar-refractivity contribution in [3.05, 3.63) is 18.3 Å². The highest BCUT2D eigenvalue weighted by atomic mass is 16.1. The second-order valence-corrected chi connectivity index (χ2v) is 4.92. The minimum atomic E-state index is 0.159. The molecule has 0 radical (unpaired) electrons. The number of nitrogen functional groups attached to an aromatic ring is 1. The van der Waals surface area contributed by atoms with E-state index >= 15 is 0 Å². The van der Waals surface area contributed by atoms with Crippen LogP contribution in [0.5, 0.6) is 0 Å². The smallest absolute Gasteiger partial charge is 0.223 e. The standard InChI is InChI=1S/C15H26N4O/c1-3-12(4-2)15(20)18-10-6-5-9-17-14-8-7-13(16)11-19-14/h7-8,11-12H,3-6,9-10,16H2,1-2H3,(H,17,19)(H,18,20). The van der Waals surface area contributed by atoms with Gasteiger partial charge in [0.2, 0.25) is 5.91 Å². The highest BCUT2D eigenvalue weighted by Crippen LogP contribution is 2.07. The molecule has 1 rings (SSSR count). The van der Waals surface area contributed by atoms with E-state index in [9.17, 15) is 4.79 Å². The Hall–Kier alpha value is -1.78. The van der Waals surface area contributed by atoms with E-state index in [0.29, 0.717) is 5.69 Å². The van der Waals surface area contributed by atoms with E-state index in [4.69, 9.17) is 5.73 Å². The average Bonchev–Trinajstić information content (AvgIpc) is 2.46. The third-order valence-corrected chi connectivity index (χ3v) is 3.35. The molecule has 0 saturated heterocycles. The molecule has 1 heterocycles. The van der Waals surface area contributed by atoms with Gasteiger partial charge < -0.3 is 16.4 Å². The zero-order valence-corrected chi connectivity index (χ0v) is 12.5. The van der Waals surface area contributed by atoms with Gasteiger partial charge in [-0.2, -0.15) is 0 Å². The van der Waals surface area contributed by atoms with Gasteiger partial charge in [-0.05, 0) is 37.8 Å². The second kappa shape index (κ2) is 9.18. The van der Waals surface area contributed by atoms with Crippen LogP contribution < -0.4 is 16.4 Å². The number of nitrogens with zero attached hydrogens (tertiary/aromatic N) is 1. The Balaban J connectivity index is 2.07. The van der Waals surface area contributed by atoms with Crippen molar-refractivity contribution in [2.24, 2.45) is 5.92 Å². The normalized spacial score (nSPS) is 10.6. The van der Waals surface area contributed by atoms with Crippen LogP contribution in [0.2, 0.25) is 0 Å². The van der Waals surface area contributed by atoms with E-state index in [2.05, 4.69) is 29.5 Å². The van der Waals surface area contributed by atoms with Gasteiger partial charge in [0, 0.05) is 19.0 Å². The summed E-state index contributed by atoms with van der Waals surface area (Å²) in [5, 5.41) is 6.22. The van der Waals surface area contributed by atoms with Crippen molar-refractivity contribution in [3.8, 4) is 0 Å². The number of hydrogen-bond acceptors (Lipinski definition) is 4. The van der Waals surface area contributed by atoms with Crippen LogP contribution in [-0.2, 0) is 4.79 Å². The van der Waals surface area contributed by atoms with Gasteiger partial charge in [-0.1, -0.05) is 13.8 Å². The van der Waals surface area contributed by atoms with Crippen molar-refractivity contribution < 1.29 is 4.79 Å². The summed E-state index contributed by atoms with van der Waals surface area (Å²) in [5.41, 5.74) is 6.23. The van der Waals surface area contributed by atoms with Crippen LogP contribution in [0.15, 0.2) is 18.3 Å². The van der Waals surface area contributed by atoms with Crippen molar-refractivity contribution >= 4 is 17.4 Å². The Morgan fingerprint density at radius 3 is 2.55 bits per heavy atom. The van der Waals surface area contributed by atoms with Gasteiger partial charge in [0.05, 0.1) is 11.9 Å². The lowest BCUT2D eigenvalue weighted by molar-refractivity contribution is -0.125. The molecule has 5 nitrogen and oxygen atoms in total. The molecular formula is C15H26N4O. The van der Waals surface area contributed by atoms with Gasteiger partial charge >= 0.3 is 0 Å². The molecule has 112 valence electrons. The van der Waals surface area contributed by atoms with Gasteiger partial charge in [-0.3, -0.25) is 4.79 Å². The van der Waals surface area contributed by atoms with Gasteiger partial charge in [0.15, 0.2) is 0 Å². The van der Waals surface area contributed by atoms with E-state index in [0.717, 1.165) is 44.6 Å². The largest absolute Gasteiger partial charge is 0.397 e. The highest BCUT2D eigenvalue weighted by molar-refractivity contribution is 5.78. The van der Waals surface area contributed by atoms with E-state index < -0.39 is 0 Å². The van der Waals surface area contributed by atoms with Gasteiger partial charge in [0.25, 0.3) is 0 Å². The molecule has 5 heteroatoms. The maximum Gasteiger partial charge on any atom is 0.223 e. The quantitative estimate of drug-likeness (QED) is 0.606.